The number of hydrogen-bond acceptors (Lipinski definition) is 9. The predicted molar refractivity (Wildman–Crippen MR) is 132 cm³/mol. The summed E-state index contributed by atoms with van der Waals surface area (Å²) >= 11 is 0. The molecule has 2 aromatic heterocycles. The van der Waals surface area contributed by atoms with Gasteiger partial charge in [0.25, 0.3) is 0 Å². The first kappa shape index (κ1) is 21.8. The topological polar surface area (TPSA) is 97.3 Å². The van der Waals surface area contributed by atoms with Gasteiger partial charge < -0.3 is 25.0 Å². The van der Waals surface area contributed by atoms with Crippen LogP contribution in [0.25, 0.3) is 11.0 Å². The van der Waals surface area contributed by atoms with Crippen LogP contribution in [-0.4, -0.2) is 58.2 Å². The summed E-state index contributed by atoms with van der Waals surface area (Å²) in [6.07, 6.45) is 5.61. The smallest absolute Gasteiger partial charge is 0.229 e. The number of anilines is 4. The minimum Gasteiger partial charge on any atom is -0.493 e. The number of rotatable bonds is 8. The number of benzene rings is 2. The molecule has 1 saturated carbocycles. The Morgan fingerprint density at radius 2 is 1.71 bits per heavy atom. The molecule has 9 heteroatoms. The summed E-state index contributed by atoms with van der Waals surface area (Å²) in [7, 11) is 5.84. The lowest BCUT2D eigenvalue weighted by molar-refractivity contribution is 0.0383. The zero-order valence-electron chi connectivity index (χ0n) is 19.4. The summed E-state index contributed by atoms with van der Waals surface area (Å²) in [5.41, 5.74) is 2.45. The fourth-order valence-corrected chi connectivity index (χ4v) is 3.84. The summed E-state index contributed by atoms with van der Waals surface area (Å²) in [6, 6.07) is 15.8. The highest BCUT2D eigenvalue weighted by molar-refractivity contribution is 5.75. The van der Waals surface area contributed by atoms with E-state index in [9.17, 15) is 0 Å². The average Bonchev–Trinajstić information content (AvgIpc) is 2.81. The van der Waals surface area contributed by atoms with Gasteiger partial charge in [0, 0.05) is 24.0 Å². The molecule has 2 aromatic carbocycles. The van der Waals surface area contributed by atoms with Crippen LogP contribution in [0, 0.1) is 0 Å². The Balaban J connectivity index is 1.26. The van der Waals surface area contributed by atoms with Crippen LogP contribution in [-0.2, 0) is 0 Å². The van der Waals surface area contributed by atoms with Crippen LogP contribution in [0.4, 0.5) is 23.3 Å². The molecule has 1 aliphatic carbocycles. The molecular weight excluding hydrogens is 430 g/mol. The van der Waals surface area contributed by atoms with Crippen LogP contribution in [0.1, 0.15) is 12.8 Å². The van der Waals surface area contributed by atoms with Crippen molar-refractivity contribution < 1.29 is 9.47 Å². The van der Waals surface area contributed by atoms with Crippen molar-refractivity contribution in [1.82, 2.24) is 24.8 Å². The van der Waals surface area contributed by atoms with Gasteiger partial charge in [0.15, 0.2) is 17.3 Å². The normalized spacial score (nSPS) is 17.3. The molecule has 1 fully saturated rings. The monoisotopic (exact) mass is 457 g/mol. The van der Waals surface area contributed by atoms with Crippen LogP contribution >= 0.6 is 0 Å². The quantitative estimate of drug-likeness (QED) is 0.399. The Morgan fingerprint density at radius 1 is 0.882 bits per heavy atom. The van der Waals surface area contributed by atoms with E-state index < -0.39 is 0 Å². The summed E-state index contributed by atoms with van der Waals surface area (Å²) in [6.45, 7) is 0. The number of hydrogen-bond donors (Lipinski definition) is 2. The molecule has 0 unspecified atom stereocenters. The minimum atomic E-state index is 0.212. The molecule has 0 spiro atoms. The van der Waals surface area contributed by atoms with E-state index in [4.69, 9.17) is 9.47 Å². The Kier molecular flexibility index (Phi) is 6.09. The number of aromatic nitrogens is 4. The van der Waals surface area contributed by atoms with E-state index in [1.54, 1.807) is 25.6 Å². The maximum absolute atomic E-state index is 6.14. The molecule has 4 aromatic rings. The minimum absolute atomic E-state index is 0.212. The Hall–Kier alpha value is -3.98. The van der Waals surface area contributed by atoms with Gasteiger partial charge in [0.1, 0.15) is 11.9 Å². The third kappa shape index (κ3) is 4.84. The third-order valence-electron chi connectivity index (χ3n) is 5.87. The van der Waals surface area contributed by atoms with Crippen molar-refractivity contribution in [3.8, 4) is 11.5 Å². The predicted octanol–water partition coefficient (Wildman–Crippen LogP) is 4.39. The molecule has 0 radical (unpaired) electrons. The van der Waals surface area contributed by atoms with Gasteiger partial charge >= 0.3 is 0 Å². The molecule has 5 rings (SSSR count). The third-order valence-corrected chi connectivity index (χ3v) is 5.87. The van der Waals surface area contributed by atoms with E-state index in [0.717, 1.165) is 35.3 Å². The summed E-state index contributed by atoms with van der Waals surface area (Å²) < 4.78 is 11.7. The second kappa shape index (κ2) is 9.48. The summed E-state index contributed by atoms with van der Waals surface area (Å²) in [5.74, 6) is 3.07. The lowest BCUT2D eigenvalue weighted by atomic mass is 9.88. The SMILES string of the molecule is COc1cc(Nc2nccc(Nc3cnc4ccccc4n3)n2)ccc1OC1CC(N(C)C)C1. The maximum Gasteiger partial charge on any atom is 0.229 e. The second-order valence-electron chi connectivity index (χ2n) is 8.45. The molecule has 174 valence electrons. The molecule has 0 aliphatic heterocycles. The zero-order chi connectivity index (χ0) is 23.5. The fourth-order valence-electron chi connectivity index (χ4n) is 3.84. The van der Waals surface area contributed by atoms with Gasteiger partial charge in [-0.1, -0.05) is 12.1 Å². The zero-order valence-corrected chi connectivity index (χ0v) is 19.4. The fraction of sp³-hybridized carbons (Fsp3) is 0.280. The number of nitrogens with zero attached hydrogens (tertiary/aromatic N) is 5. The van der Waals surface area contributed by atoms with Gasteiger partial charge in [-0.3, -0.25) is 4.98 Å². The van der Waals surface area contributed by atoms with Crippen molar-refractivity contribution in [2.75, 3.05) is 31.8 Å². The molecule has 2 N–H and O–H groups in total. The summed E-state index contributed by atoms with van der Waals surface area (Å²) in [5, 5.41) is 6.41. The van der Waals surface area contributed by atoms with Gasteiger partial charge in [-0.25, -0.2) is 9.97 Å². The van der Waals surface area contributed by atoms with E-state index in [1.165, 1.54) is 0 Å². The first-order valence-electron chi connectivity index (χ1n) is 11.2. The lowest BCUT2D eigenvalue weighted by Crippen LogP contribution is -2.46. The van der Waals surface area contributed by atoms with Crippen molar-refractivity contribution in [2.45, 2.75) is 25.0 Å². The van der Waals surface area contributed by atoms with Gasteiger partial charge in [0.2, 0.25) is 5.95 Å². The number of fused-ring (bicyclic) bond motifs is 1. The molecule has 34 heavy (non-hydrogen) atoms. The van der Waals surface area contributed by atoms with E-state index in [1.807, 2.05) is 42.5 Å². The van der Waals surface area contributed by atoms with Gasteiger partial charge in [-0.05, 0) is 57.3 Å². The van der Waals surface area contributed by atoms with Crippen molar-refractivity contribution >= 4 is 34.3 Å². The van der Waals surface area contributed by atoms with Crippen LogP contribution in [0.15, 0.2) is 60.9 Å². The Morgan fingerprint density at radius 3 is 2.50 bits per heavy atom. The van der Waals surface area contributed by atoms with Crippen LogP contribution < -0.4 is 20.1 Å². The second-order valence-corrected chi connectivity index (χ2v) is 8.45. The van der Waals surface area contributed by atoms with Gasteiger partial charge in [-0.15, -0.1) is 0 Å². The average molecular weight is 458 g/mol. The molecular formula is C25H27N7O2. The van der Waals surface area contributed by atoms with Crippen LogP contribution in [0.2, 0.25) is 0 Å². The molecule has 0 atom stereocenters. The number of methoxy groups -OCH3 is 1. The van der Waals surface area contributed by atoms with E-state index in [0.29, 0.717) is 29.4 Å². The van der Waals surface area contributed by atoms with Crippen molar-refractivity contribution in [1.29, 1.82) is 0 Å². The van der Waals surface area contributed by atoms with Crippen molar-refractivity contribution in [3.05, 3.63) is 60.9 Å². The van der Waals surface area contributed by atoms with Crippen LogP contribution in [0.3, 0.4) is 0 Å². The van der Waals surface area contributed by atoms with Gasteiger partial charge in [0.05, 0.1) is 24.3 Å². The first-order chi connectivity index (χ1) is 16.6. The first-order valence-corrected chi connectivity index (χ1v) is 11.2. The largest absolute Gasteiger partial charge is 0.493 e. The van der Waals surface area contributed by atoms with Crippen molar-refractivity contribution in [3.63, 3.8) is 0 Å². The number of ether oxygens (including phenoxy) is 2. The lowest BCUT2D eigenvalue weighted by Gasteiger charge is -2.39. The summed E-state index contributed by atoms with van der Waals surface area (Å²) in [4.78, 5) is 20.1. The highest BCUT2D eigenvalue weighted by Crippen LogP contribution is 2.36. The molecule has 0 bridgehead atoms. The highest BCUT2D eigenvalue weighted by Gasteiger charge is 2.32. The van der Waals surface area contributed by atoms with E-state index >= 15 is 0 Å². The maximum atomic E-state index is 6.14. The number of para-hydroxylation sites is 2. The molecule has 0 saturated heterocycles. The van der Waals surface area contributed by atoms with Crippen LogP contribution in [0.5, 0.6) is 11.5 Å². The standard InChI is InChI=1S/C25H27N7O2/c1-32(2)17-13-18(14-17)34-21-9-8-16(12-22(21)33-3)28-25-26-11-10-23(31-25)30-24-15-27-19-6-4-5-7-20(19)29-24/h4-12,15,17-18H,13-14H2,1-3H3,(H2,26,28,29,30,31). The Labute approximate surface area is 198 Å². The molecule has 1 aliphatic rings. The Bertz CT molecular complexity index is 1290. The molecule has 9 nitrogen and oxygen atoms in total. The van der Waals surface area contributed by atoms with Gasteiger partial charge in [-0.2, -0.15) is 4.98 Å². The van der Waals surface area contributed by atoms with E-state index in [2.05, 4.69) is 49.6 Å². The van der Waals surface area contributed by atoms with Crippen molar-refractivity contribution in [2.24, 2.45) is 0 Å². The molecule has 2 heterocycles. The van der Waals surface area contributed by atoms with E-state index in [-0.39, 0.29) is 6.10 Å². The number of nitrogens with one attached hydrogen (secondary N) is 2. The highest BCUT2D eigenvalue weighted by atomic mass is 16.5. The molecule has 0 amide bonds.